The predicted molar refractivity (Wildman–Crippen MR) is 79.4 cm³/mol. The Morgan fingerprint density at radius 3 is 2.78 bits per heavy atom. The molecule has 1 heterocycles. The smallest absolute Gasteiger partial charge is 0.182 e. The van der Waals surface area contributed by atoms with Crippen LogP contribution in [0, 0.1) is 0 Å². The summed E-state index contributed by atoms with van der Waals surface area (Å²) >= 11 is 1.73. The summed E-state index contributed by atoms with van der Waals surface area (Å²) in [7, 11) is 2.11. The number of aromatic nitrogens is 1. The molecule has 0 aliphatic rings. The summed E-state index contributed by atoms with van der Waals surface area (Å²) in [5, 5.41) is 4.34. The minimum atomic E-state index is 0.898. The lowest BCUT2D eigenvalue weighted by Crippen LogP contribution is -2.15. The van der Waals surface area contributed by atoms with Crippen LogP contribution < -0.4 is 10.2 Å². The molecule has 1 aromatic heterocycles. The van der Waals surface area contributed by atoms with Crippen LogP contribution >= 0.6 is 11.3 Å². The number of nitrogens with one attached hydrogen (secondary N) is 1. The molecule has 96 valence electrons. The summed E-state index contributed by atoms with van der Waals surface area (Å²) in [4.78, 5) is 7.89. The normalized spacial score (nSPS) is 10.3. The second kappa shape index (κ2) is 6.40. The van der Waals surface area contributed by atoms with Crippen LogP contribution in [0.1, 0.15) is 18.2 Å². The van der Waals surface area contributed by atoms with Gasteiger partial charge in [-0.1, -0.05) is 25.1 Å². The zero-order chi connectivity index (χ0) is 12.8. The van der Waals surface area contributed by atoms with E-state index < -0.39 is 0 Å². The van der Waals surface area contributed by atoms with E-state index in [0.29, 0.717) is 0 Å². The maximum atomic E-state index is 4.38. The summed E-state index contributed by atoms with van der Waals surface area (Å²) < 4.78 is 0. The van der Waals surface area contributed by atoms with Gasteiger partial charge in [-0.25, -0.2) is 4.98 Å². The van der Waals surface area contributed by atoms with Crippen LogP contribution in [0.4, 0.5) is 10.8 Å². The third kappa shape index (κ3) is 3.47. The molecule has 2 aromatic rings. The zero-order valence-electron chi connectivity index (χ0n) is 10.9. The fourth-order valence-corrected chi connectivity index (χ4v) is 2.59. The van der Waals surface area contributed by atoms with Crippen LogP contribution in [0.15, 0.2) is 36.5 Å². The Morgan fingerprint density at radius 1 is 1.28 bits per heavy atom. The molecule has 0 atom stereocenters. The van der Waals surface area contributed by atoms with Crippen molar-refractivity contribution in [1.29, 1.82) is 0 Å². The van der Waals surface area contributed by atoms with Crippen LogP contribution in [-0.4, -0.2) is 18.6 Å². The van der Waals surface area contributed by atoms with Gasteiger partial charge in [0.25, 0.3) is 0 Å². The fourth-order valence-electron chi connectivity index (χ4n) is 1.70. The first kappa shape index (κ1) is 12.9. The quantitative estimate of drug-likeness (QED) is 0.861. The van der Waals surface area contributed by atoms with Crippen molar-refractivity contribution in [3.05, 3.63) is 41.4 Å². The van der Waals surface area contributed by atoms with Gasteiger partial charge in [0, 0.05) is 30.4 Å². The predicted octanol–water partition coefficient (Wildman–Crippen LogP) is 3.60. The van der Waals surface area contributed by atoms with E-state index >= 15 is 0 Å². The molecular formula is C14H19N3S. The molecule has 0 saturated heterocycles. The monoisotopic (exact) mass is 261 g/mol. The molecule has 0 aliphatic carbocycles. The van der Waals surface area contributed by atoms with E-state index in [4.69, 9.17) is 0 Å². The van der Waals surface area contributed by atoms with Crippen molar-refractivity contribution in [3.63, 3.8) is 0 Å². The summed E-state index contributed by atoms with van der Waals surface area (Å²) in [5.74, 6) is 0. The molecule has 0 amide bonds. The standard InChI is InChI=1S/C14H19N3S/c1-3-9-15-14-16-10-13(18-14)11-17(2)12-7-5-4-6-8-12/h4-8,10H,3,9,11H2,1-2H3,(H,15,16). The van der Waals surface area contributed by atoms with Crippen molar-refractivity contribution >= 4 is 22.2 Å². The Labute approximate surface area is 112 Å². The van der Waals surface area contributed by atoms with E-state index in [-0.39, 0.29) is 0 Å². The third-order valence-corrected chi connectivity index (χ3v) is 3.61. The number of nitrogens with zero attached hydrogens (tertiary/aromatic N) is 2. The van der Waals surface area contributed by atoms with Crippen molar-refractivity contribution < 1.29 is 0 Å². The first-order chi connectivity index (χ1) is 8.79. The number of para-hydroxylation sites is 1. The zero-order valence-corrected chi connectivity index (χ0v) is 11.7. The molecule has 1 N–H and O–H groups in total. The maximum Gasteiger partial charge on any atom is 0.182 e. The van der Waals surface area contributed by atoms with E-state index in [1.54, 1.807) is 11.3 Å². The minimum absolute atomic E-state index is 0.898. The van der Waals surface area contributed by atoms with E-state index in [9.17, 15) is 0 Å². The maximum absolute atomic E-state index is 4.38. The first-order valence-electron chi connectivity index (χ1n) is 6.24. The molecule has 0 spiro atoms. The Hall–Kier alpha value is -1.55. The summed E-state index contributed by atoms with van der Waals surface area (Å²) in [6.07, 6.45) is 3.08. The van der Waals surface area contributed by atoms with Crippen molar-refractivity contribution in [3.8, 4) is 0 Å². The van der Waals surface area contributed by atoms with Crippen LogP contribution in [-0.2, 0) is 6.54 Å². The minimum Gasteiger partial charge on any atom is -0.369 e. The number of anilines is 2. The van der Waals surface area contributed by atoms with E-state index in [1.807, 2.05) is 12.3 Å². The van der Waals surface area contributed by atoms with Crippen LogP contribution in [0.2, 0.25) is 0 Å². The van der Waals surface area contributed by atoms with Gasteiger partial charge in [0.05, 0.1) is 6.54 Å². The number of thiazole rings is 1. The Morgan fingerprint density at radius 2 is 2.06 bits per heavy atom. The van der Waals surface area contributed by atoms with Crippen LogP contribution in [0.3, 0.4) is 0 Å². The summed E-state index contributed by atoms with van der Waals surface area (Å²) in [6, 6.07) is 10.4. The van der Waals surface area contributed by atoms with Crippen molar-refractivity contribution in [2.45, 2.75) is 19.9 Å². The molecule has 1 aromatic carbocycles. The number of benzene rings is 1. The van der Waals surface area contributed by atoms with Gasteiger partial charge in [-0.05, 0) is 18.6 Å². The van der Waals surface area contributed by atoms with Crippen molar-refractivity contribution in [1.82, 2.24) is 4.98 Å². The van der Waals surface area contributed by atoms with Gasteiger partial charge in [-0.15, -0.1) is 11.3 Å². The average molecular weight is 261 g/mol. The van der Waals surface area contributed by atoms with Gasteiger partial charge in [-0.2, -0.15) is 0 Å². The molecule has 2 rings (SSSR count). The van der Waals surface area contributed by atoms with Gasteiger partial charge in [0.2, 0.25) is 0 Å². The second-order valence-corrected chi connectivity index (χ2v) is 5.37. The largest absolute Gasteiger partial charge is 0.369 e. The van der Waals surface area contributed by atoms with Gasteiger partial charge >= 0.3 is 0 Å². The molecule has 3 nitrogen and oxygen atoms in total. The molecule has 0 unspecified atom stereocenters. The van der Waals surface area contributed by atoms with Gasteiger partial charge in [-0.3, -0.25) is 0 Å². The molecule has 0 aliphatic heterocycles. The van der Waals surface area contributed by atoms with Crippen molar-refractivity contribution in [2.24, 2.45) is 0 Å². The molecule has 0 bridgehead atoms. The highest BCUT2D eigenvalue weighted by Crippen LogP contribution is 2.21. The lowest BCUT2D eigenvalue weighted by Gasteiger charge is -2.17. The Bertz CT molecular complexity index is 467. The van der Waals surface area contributed by atoms with Gasteiger partial charge < -0.3 is 10.2 Å². The number of rotatable bonds is 6. The number of hydrogen-bond donors (Lipinski definition) is 1. The molecule has 4 heteroatoms. The van der Waals surface area contributed by atoms with Crippen LogP contribution in [0.25, 0.3) is 0 Å². The third-order valence-electron chi connectivity index (χ3n) is 2.67. The highest BCUT2D eigenvalue weighted by atomic mass is 32.1. The van der Waals surface area contributed by atoms with E-state index in [0.717, 1.165) is 24.6 Å². The van der Waals surface area contributed by atoms with Crippen LogP contribution in [0.5, 0.6) is 0 Å². The topological polar surface area (TPSA) is 28.2 Å². The summed E-state index contributed by atoms with van der Waals surface area (Å²) in [5.41, 5.74) is 1.23. The van der Waals surface area contributed by atoms with E-state index in [1.165, 1.54) is 10.6 Å². The lowest BCUT2D eigenvalue weighted by molar-refractivity contribution is 0.936. The van der Waals surface area contributed by atoms with Crippen molar-refractivity contribution in [2.75, 3.05) is 23.8 Å². The summed E-state index contributed by atoms with van der Waals surface area (Å²) in [6.45, 7) is 4.04. The lowest BCUT2D eigenvalue weighted by atomic mass is 10.3. The molecule has 0 fully saturated rings. The first-order valence-corrected chi connectivity index (χ1v) is 7.06. The molecule has 0 radical (unpaired) electrons. The second-order valence-electron chi connectivity index (χ2n) is 4.25. The Kier molecular flexibility index (Phi) is 4.59. The highest BCUT2D eigenvalue weighted by molar-refractivity contribution is 7.15. The average Bonchev–Trinajstić information content (AvgIpc) is 2.85. The highest BCUT2D eigenvalue weighted by Gasteiger charge is 2.05. The molecular weight excluding hydrogens is 242 g/mol. The van der Waals surface area contributed by atoms with E-state index in [2.05, 4.69) is 53.4 Å². The Balaban J connectivity index is 1.95. The molecule has 0 saturated carbocycles. The van der Waals surface area contributed by atoms with Gasteiger partial charge in [0.15, 0.2) is 5.13 Å². The SMILES string of the molecule is CCCNc1ncc(CN(C)c2ccccc2)s1. The van der Waals surface area contributed by atoms with Gasteiger partial charge in [0.1, 0.15) is 0 Å². The fraction of sp³-hybridized carbons (Fsp3) is 0.357. The number of hydrogen-bond acceptors (Lipinski definition) is 4. The molecule has 18 heavy (non-hydrogen) atoms.